The summed E-state index contributed by atoms with van der Waals surface area (Å²) in [6.45, 7) is 8.18. The lowest BCUT2D eigenvalue weighted by atomic mass is 9.95. The fourth-order valence-corrected chi connectivity index (χ4v) is 4.96. The van der Waals surface area contributed by atoms with Crippen LogP contribution in [0.4, 0.5) is 0 Å². The van der Waals surface area contributed by atoms with Gasteiger partial charge in [-0.1, -0.05) is 6.92 Å². The fourth-order valence-electron chi connectivity index (χ4n) is 2.47. The molecule has 1 fully saturated rings. The van der Waals surface area contributed by atoms with E-state index in [0.717, 1.165) is 18.5 Å². The molecule has 0 saturated carbocycles. The zero-order valence-electron chi connectivity index (χ0n) is 12.8. The van der Waals surface area contributed by atoms with Crippen LogP contribution in [0.3, 0.4) is 0 Å². The summed E-state index contributed by atoms with van der Waals surface area (Å²) in [7, 11) is -3.43. The van der Waals surface area contributed by atoms with Crippen LogP contribution in [0.2, 0.25) is 0 Å². The van der Waals surface area contributed by atoms with Crippen molar-refractivity contribution in [1.29, 1.82) is 0 Å². The average molecular weight is 332 g/mol. The van der Waals surface area contributed by atoms with Crippen molar-refractivity contribution in [3.05, 3.63) is 17.0 Å². The van der Waals surface area contributed by atoms with Gasteiger partial charge in [0.25, 0.3) is 0 Å². The van der Waals surface area contributed by atoms with Gasteiger partial charge >= 0.3 is 0 Å². The van der Waals surface area contributed by atoms with Gasteiger partial charge in [-0.05, 0) is 50.2 Å². The highest BCUT2D eigenvalue weighted by molar-refractivity contribution is 7.91. The molecule has 0 aromatic carbocycles. The Morgan fingerprint density at radius 2 is 2.24 bits per heavy atom. The molecule has 7 heteroatoms. The number of sulfonamides is 1. The fraction of sp³-hybridized carbons (Fsp3) is 0.714. The third-order valence-electron chi connectivity index (χ3n) is 3.49. The number of nitrogens with one attached hydrogen (secondary N) is 2. The van der Waals surface area contributed by atoms with E-state index in [1.807, 2.05) is 26.2 Å². The lowest BCUT2D eigenvalue weighted by Crippen LogP contribution is -2.45. The SMILES string of the molecule is CCNCc1csc(S(=O)(=O)NC2CCOC(C)(C)C2)c1. The zero-order valence-corrected chi connectivity index (χ0v) is 14.4. The summed E-state index contributed by atoms with van der Waals surface area (Å²) in [5.74, 6) is 0. The predicted octanol–water partition coefficient (Wildman–Crippen LogP) is 2.09. The average Bonchev–Trinajstić information content (AvgIpc) is 2.84. The second kappa shape index (κ2) is 6.75. The molecule has 120 valence electrons. The Morgan fingerprint density at radius 3 is 2.90 bits per heavy atom. The summed E-state index contributed by atoms with van der Waals surface area (Å²) in [4.78, 5) is 0. The second-order valence-corrected chi connectivity index (χ2v) is 8.83. The summed E-state index contributed by atoms with van der Waals surface area (Å²) in [6.07, 6.45) is 1.42. The highest BCUT2D eigenvalue weighted by Crippen LogP contribution is 2.26. The molecule has 21 heavy (non-hydrogen) atoms. The molecule has 0 radical (unpaired) electrons. The Kier molecular flexibility index (Phi) is 5.43. The highest BCUT2D eigenvalue weighted by atomic mass is 32.2. The van der Waals surface area contributed by atoms with E-state index in [4.69, 9.17) is 4.74 Å². The highest BCUT2D eigenvalue weighted by Gasteiger charge is 2.32. The molecule has 0 aliphatic carbocycles. The molecule has 1 aromatic heterocycles. The number of thiophene rings is 1. The van der Waals surface area contributed by atoms with Crippen molar-refractivity contribution in [2.24, 2.45) is 0 Å². The number of hydrogen-bond acceptors (Lipinski definition) is 5. The minimum atomic E-state index is -3.43. The minimum Gasteiger partial charge on any atom is -0.375 e. The largest absolute Gasteiger partial charge is 0.375 e. The molecule has 2 heterocycles. The predicted molar refractivity (Wildman–Crippen MR) is 85.1 cm³/mol. The molecular weight excluding hydrogens is 308 g/mol. The molecule has 2 rings (SSSR count). The Bertz CT molecular complexity index is 567. The van der Waals surface area contributed by atoms with Crippen molar-refractivity contribution in [3.8, 4) is 0 Å². The molecule has 2 N–H and O–H groups in total. The summed E-state index contributed by atoms with van der Waals surface area (Å²) in [5.41, 5.74) is 0.742. The Hall–Kier alpha value is -0.470. The van der Waals surface area contributed by atoms with Crippen LogP contribution in [0.5, 0.6) is 0 Å². The molecule has 0 spiro atoms. The van der Waals surface area contributed by atoms with Gasteiger partial charge in [-0.25, -0.2) is 13.1 Å². The van der Waals surface area contributed by atoms with E-state index in [9.17, 15) is 8.42 Å². The third kappa shape index (κ3) is 4.75. The van der Waals surface area contributed by atoms with Crippen molar-refractivity contribution in [2.45, 2.75) is 56.0 Å². The maximum absolute atomic E-state index is 12.4. The van der Waals surface area contributed by atoms with Crippen LogP contribution in [-0.4, -0.2) is 33.2 Å². The maximum atomic E-state index is 12.4. The van der Waals surface area contributed by atoms with Crippen LogP contribution in [-0.2, 0) is 21.3 Å². The lowest BCUT2D eigenvalue weighted by Gasteiger charge is -2.35. The normalized spacial score (nSPS) is 22.3. The maximum Gasteiger partial charge on any atom is 0.250 e. The minimum absolute atomic E-state index is 0.0573. The number of rotatable bonds is 6. The topological polar surface area (TPSA) is 67.4 Å². The molecule has 0 bridgehead atoms. The standard InChI is InChI=1S/C14H24N2O3S2/c1-4-15-9-11-7-13(20-10-11)21(17,18)16-12-5-6-19-14(2,3)8-12/h7,10,12,15-16H,4-6,8-9H2,1-3H3. The van der Waals surface area contributed by atoms with Gasteiger partial charge in [0.1, 0.15) is 4.21 Å². The summed E-state index contributed by atoms with van der Waals surface area (Å²) >= 11 is 1.27. The summed E-state index contributed by atoms with van der Waals surface area (Å²) < 4.78 is 33.7. The van der Waals surface area contributed by atoms with Crippen LogP contribution >= 0.6 is 11.3 Å². The van der Waals surface area contributed by atoms with Gasteiger partial charge < -0.3 is 10.1 Å². The van der Waals surface area contributed by atoms with E-state index in [-0.39, 0.29) is 11.6 Å². The monoisotopic (exact) mass is 332 g/mol. The van der Waals surface area contributed by atoms with E-state index in [1.165, 1.54) is 11.3 Å². The first-order valence-electron chi connectivity index (χ1n) is 7.27. The first kappa shape index (κ1) is 16.9. The summed E-state index contributed by atoms with van der Waals surface area (Å²) in [6, 6.07) is 1.69. The Balaban J connectivity index is 2.02. The molecule has 1 aromatic rings. The molecule has 1 aliphatic rings. The van der Waals surface area contributed by atoms with Crippen LogP contribution < -0.4 is 10.0 Å². The van der Waals surface area contributed by atoms with Crippen LogP contribution in [0.25, 0.3) is 0 Å². The summed E-state index contributed by atoms with van der Waals surface area (Å²) in [5, 5.41) is 5.09. The van der Waals surface area contributed by atoms with Gasteiger partial charge in [-0.2, -0.15) is 0 Å². The van der Waals surface area contributed by atoms with Crippen molar-refractivity contribution in [3.63, 3.8) is 0 Å². The molecule has 1 unspecified atom stereocenters. The van der Waals surface area contributed by atoms with E-state index in [1.54, 1.807) is 6.07 Å². The van der Waals surface area contributed by atoms with Crippen molar-refractivity contribution < 1.29 is 13.2 Å². The Morgan fingerprint density at radius 1 is 1.48 bits per heavy atom. The molecule has 1 aliphatic heterocycles. The van der Waals surface area contributed by atoms with Crippen LogP contribution in [0.1, 0.15) is 39.2 Å². The van der Waals surface area contributed by atoms with Crippen molar-refractivity contribution >= 4 is 21.4 Å². The third-order valence-corrected chi connectivity index (χ3v) is 6.50. The van der Waals surface area contributed by atoms with Gasteiger partial charge in [0, 0.05) is 19.2 Å². The number of hydrogen-bond donors (Lipinski definition) is 2. The van der Waals surface area contributed by atoms with Crippen molar-refractivity contribution in [2.75, 3.05) is 13.2 Å². The van der Waals surface area contributed by atoms with Gasteiger partial charge in [0.15, 0.2) is 0 Å². The van der Waals surface area contributed by atoms with Crippen molar-refractivity contribution in [1.82, 2.24) is 10.0 Å². The molecular formula is C14H24N2O3S2. The molecule has 1 atom stereocenters. The van der Waals surface area contributed by atoms with Gasteiger partial charge in [-0.3, -0.25) is 0 Å². The van der Waals surface area contributed by atoms with E-state index < -0.39 is 10.0 Å². The second-order valence-electron chi connectivity index (χ2n) is 5.97. The van der Waals surface area contributed by atoms with Crippen LogP contribution in [0, 0.1) is 0 Å². The first-order chi connectivity index (χ1) is 9.82. The number of ether oxygens (including phenoxy) is 1. The van der Waals surface area contributed by atoms with E-state index >= 15 is 0 Å². The van der Waals surface area contributed by atoms with Gasteiger partial charge in [-0.15, -0.1) is 11.3 Å². The smallest absolute Gasteiger partial charge is 0.250 e. The van der Waals surface area contributed by atoms with E-state index in [2.05, 4.69) is 10.0 Å². The zero-order chi connectivity index (χ0) is 15.5. The Labute approximate surface area is 131 Å². The lowest BCUT2D eigenvalue weighted by molar-refractivity contribution is -0.0599. The quantitative estimate of drug-likeness (QED) is 0.837. The van der Waals surface area contributed by atoms with Gasteiger partial charge in [0.05, 0.1) is 5.60 Å². The van der Waals surface area contributed by atoms with Crippen LogP contribution in [0.15, 0.2) is 15.7 Å². The molecule has 5 nitrogen and oxygen atoms in total. The molecule has 0 amide bonds. The molecule has 1 saturated heterocycles. The van der Waals surface area contributed by atoms with E-state index in [0.29, 0.717) is 23.8 Å². The van der Waals surface area contributed by atoms with Gasteiger partial charge in [0.2, 0.25) is 10.0 Å². The first-order valence-corrected chi connectivity index (χ1v) is 9.63.